The molecule has 1 aromatic heterocycles. The average Bonchev–Trinajstić information content (AvgIpc) is 3.37. The number of amides is 1. The number of anilines is 2. The number of rotatable bonds is 5. The van der Waals surface area contributed by atoms with Gasteiger partial charge in [0, 0.05) is 29.2 Å². The van der Waals surface area contributed by atoms with Crippen LogP contribution in [0.15, 0.2) is 30.3 Å². The van der Waals surface area contributed by atoms with Crippen molar-refractivity contribution in [1.82, 2.24) is 4.90 Å². The van der Waals surface area contributed by atoms with E-state index >= 15 is 0 Å². The second-order valence-corrected chi connectivity index (χ2v) is 8.00. The molecule has 8 heteroatoms. The summed E-state index contributed by atoms with van der Waals surface area (Å²) in [5, 5.41) is 7.18. The van der Waals surface area contributed by atoms with Gasteiger partial charge in [0.2, 0.25) is 0 Å². The van der Waals surface area contributed by atoms with Crippen LogP contribution < -0.4 is 10.6 Å². The van der Waals surface area contributed by atoms with E-state index in [1.807, 2.05) is 30.0 Å². The van der Waals surface area contributed by atoms with Gasteiger partial charge < -0.3 is 20.3 Å². The molecule has 0 unspecified atom stereocenters. The number of nitrogens with one attached hydrogen (secondary N) is 2. The minimum absolute atomic E-state index is 0.0677. The first-order valence-corrected chi connectivity index (χ1v) is 10.4. The summed E-state index contributed by atoms with van der Waals surface area (Å²) in [5.74, 6) is -0.329. The van der Waals surface area contributed by atoms with Gasteiger partial charge in [-0.3, -0.25) is 4.79 Å². The van der Waals surface area contributed by atoms with Crippen LogP contribution in [0.2, 0.25) is 0 Å². The number of methoxy groups -OCH3 is 1. The maximum absolute atomic E-state index is 12.4. The molecule has 1 amide bonds. The van der Waals surface area contributed by atoms with Crippen molar-refractivity contribution < 1.29 is 14.3 Å². The van der Waals surface area contributed by atoms with Crippen molar-refractivity contribution in [3.05, 3.63) is 46.3 Å². The van der Waals surface area contributed by atoms with E-state index in [1.54, 1.807) is 12.1 Å². The van der Waals surface area contributed by atoms with Crippen LogP contribution in [0, 0.1) is 0 Å². The Kier molecular flexibility index (Phi) is 6.64. The van der Waals surface area contributed by atoms with E-state index in [4.69, 9.17) is 17.0 Å². The summed E-state index contributed by atoms with van der Waals surface area (Å²) >= 11 is 6.85. The Labute approximate surface area is 173 Å². The standard InChI is InChI=1S/C20H23N3O3S2/c1-3-15-12-16(19(25)26-2)17(28-15)22-20(27)21-14-8-6-13(7-9-14)18(24)23-10-4-5-11-23/h6-9,12H,3-5,10-11H2,1-2H3,(H2,21,22,27). The average molecular weight is 418 g/mol. The molecule has 1 aliphatic rings. The van der Waals surface area contributed by atoms with Gasteiger partial charge in [0.15, 0.2) is 5.11 Å². The molecule has 2 heterocycles. The largest absolute Gasteiger partial charge is 0.465 e. The zero-order chi connectivity index (χ0) is 20.1. The molecule has 0 atom stereocenters. The minimum Gasteiger partial charge on any atom is -0.465 e. The van der Waals surface area contributed by atoms with Gasteiger partial charge in [-0.25, -0.2) is 4.79 Å². The molecule has 1 aromatic carbocycles. The van der Waals surface area contributed by atoms with Crippen LogP contribution in [0.3, 0.4) is 0 Å². The fraction of sp³-hybridized carbons (Fsp3) is 0.350. The van der Waals surface area contributed by atoms with E-state index in [-0.39, 0.29) is 5.91 Å². The minimum atomic E-state index is -0.397. The lowest BCUT2D eigenvalue weighted by molar-refractivity contribution is 0.0602. The summed E-state index contributed by atoms with van der Waals surface area (Å²) in [6.07, 6.45) is 2.96. The summed E-state index contributed by atoms with van der Waals surface area (Å²) in [4.78, 5) is 27.3. The number of esters is 1. The van der Waals surface area contributed by atoms with E-state index in [0.717, 1.165) is 42.9 Å². The predicted octanol–water partition coefficient (Wildman–Crippen LogP) is 4.14. The summed E-state index contributed by atoms with van der Waals surface area (Å²) in [6, 6.07) is 9.06. The fourth-order valence-corrected chi connectivity index (χ4v) is 4.31. The van der Waals surface area contributed by atoms with Crippen molar-refractivity contribution in [2.24, 2.45) is 0 Å². The summed E-state index contributed by atoms with van der Waals surface area (Å²) in [7, 11) is 1.36. The van der Waals surface area contributed by atoms with E-state index in [0.29, 0.717) is 21.2 Å². The molecule has 0 saturated carbocycles. The predicted molar refractivity (Wildman–Crippen MR) is 116 cm³/mol. The van der Waals surface area contributed by atoms with Gasteiger partial charge in [-0.2, -0.15) is 0 Å². The fourth-order valence-electron chi connectivity index (χ4n) is 3.04. The lowest BCUT2D eigenvalue weighted by Crippen LogP contribution is -2.27. The number of likely N-dealkylation sites (tertiary alicyclic amines) is 1. The number of carbonyl (C=O) groups excluding carboxylic acids is 2. The first-order chi connectivity index (χ1) is 13.5. The van der Waals surface area contributed by atoms with E-state index in [9.17, 15) is 9.59 Å². The third-order valence-electron chi connectivity index (χ3n) is 4.55. The molecule has 1 aliphatic heterocycles. The van der Waals surface area contributed by atoms with Crippen LogP contribution in [0.5, 0.6) is 0 Å². The number of nitrogens with zero attached hydrogens (tertiary/aromatic N) is 1. The molecule has 148 valence electrons. The number of thiocarbonyl (C=S) groups is 1. The van der Waals surface area contributed by atoms with E-state index in [2.05, 4.69) is 10.6 Å². The number of aryl methyl sites for hydroxylation is 1. The highest BCUT2D eigenvalue weighted by atomic mass is 32.1. The highest BCUT2D eigenvalue weighted by Gasteiger charge is 2.19. The molecule has 6 nitrogen and oxygen atoms in total. The van der Waals surface area contributed by atoms with Crippen molar-refractivity contribution in [1.29, 1.82) is 0 Å². The first kappa shape index (κ1) is 20.3. The Bertz CT molecular complexity index is 871. The summed E-state index contributed by atoms with van der Waals surface area (Å²) in [6.45, 7) is 3.68. The van der Waals surface area contributed by atoms with Crippen molar-refractivity contribution in [2.75, 3.05) is 30.8 Å². The van der Waals surface area contributed by atoms with E-state index < -0.39 is 5.97 Å². The number of thiophene rings is 1. The molecule has 2 N–H and O–H groups in total. The van der Waals surface area contributed by atoms with Gasteiger partial charge in [-0.05, 0) is 61.8 Å². The molecule has 0 aliphatic carbocycles. The lowest BCUT2D eigenvalue weighted by atomic mass is 10.2. The maximum atomic E-state index is 12.4. The molecule has 0 bridgehead atoms. The number of hydrogen-bond acceptors (Lipinski definition) is 5. The van der Waals surface area contributed by atoms with E-state index in [1.165, 1.54) is 18.4 Å². The Balaban J connectivity index is 1.64. The molecule has 1 fully saturated rings. The number of carbonyl (C=O) groups is 2. The van der Waals surface area contributed by atoms with Gasteiger partial charge in [0.05, 0.1) is 12.7 Å². The molecule has 0 radical (unpaired) electrons. The topological polar surface area (TPSA) is 70.7 Å². The third kappa shape index (κ3) is 4.69. The summed E-state index contributed by atoms with van der Waals surface area (Å²) in [5.41, 5.74) is 1.91. The van der Waals surface area contributed by atoms with Crippen LogP contribution in [0.25, 0.3) is 0 Å². The third-order valence-corrected chi connectivity index (χ3v) is 5.95. The SMILES string of the molecule is CCc1cc(C(=O)OC)c(NC(=S)Nc2ccc(C(=O)N3CCCC3)cc2)s1. The van der Waals surface area contributed by atoms with Crippen molar-refractivity contribution >= 4 is 51.2 Å². The molecular formula is C20H23N3O3S2. The molecule has 2 aromatic rings. The Hall–Kier alpha value is -2.45. The Morgan fingerprint density at radius 1 is 1.18 bits per heavy atom. The Morgan fingerprint density at radius 2 is 1.86 bits per heavy atom. The zero-order valence-corrected chi connectivity index (χ0v) is 17.5. The molecule has 1 saturated heterocycles. The zero-order valence-electron chi connectivity index (χ0n) is 15.9. The molecule has 3 rings (SSSR count). The molecular weight excluding hydrogens is 394 g/mol. The first-order valence-electron chi connectivity index (χ1n) is 9.20. The summed E-state index contributed by atoms with van der Waals surface area (Å²) < 4.78 is 4.84. The number of ether oxygens (including phenoxy) is 1. The second kappa shape index (κ2) is 9.16. The monoisotopic (exact) mass is 417 g/mol. The van der Waals surface area contributed by atoms with Gasteiger partial charge in [-0.1, -0.05) is 6.92 Å². The normalized spacial score (nSPS) is 13.3. The van der Waals surface area contributed by atoms with Gasteiger partial charge >= 0.3 is 5.97 Å². The van der Waals surface area contributed by atoms with Crippen LogP contribution in [-0.2, 0) is 11.2 Å². The second-order valence-electron chi connectivity index (χ2n) is 6.46. The Morgan fingerprint density at radius 3 is 2.46 bits per heavy atom. The van der Waals surface area contributed by atoms with Gasteiger partial charge in [-0.15, -0.1) is 11.3 Å². The highest BCUT2D eigenvalue weighted by molar-refractivity contribution is 7.80. The molecule has 28 heavy (non-hydrogen) atoms. The van der Waals surface area contributed by atoms with Gasteiger partial charge in [0.1, 0.15) is 5.00 Å². The van der Waals surface area contributed by atoms with Crippen LogP contribution in [0.4, 0.5) is 10.7 Å². The smallest absolute Gasteiger partial charge is 0.340 e. The molecule has 0 spiro atoms. The van der Waals surface area contributed by atoms with Gasteiger partial charge in [0.25, 0.3) is 5.91 Å². The van der Waals surface area contributed by atoms with Crippen molar-refractivity contribution in [3.8, 4) is 0 Å². The van der Waals surface area contributed by atoms with Crippen molar-refractivity contribution in [3.63, 3.8) is 0 Å². The van der Waals surface area contributed by atoms with Crippen molar-refractivity contribution in [2.45, 2.75) is 26.2 Å². The highest BCUT2D eigenvalue weighted by Crippen LogP contribution is 2.29. The quantitative estimate of drug-likeness (QED) is 0.563. The number of benzene rings is 1. The lowest BCUT2D eigenvalue weighted by Gasteiger charge is -2.15. The van der Waals surface area contributed by atoms with Crippen LogP contribution in [-0.4, -0.2) is 42.1 Å². The van der Waals surface area contributed by atoms with Crippen LogP contribution in [0.1, 0.15) is 45.4 Å². The number of hydrogen-bond donors (Lipinski definition) is 2. The van der Waals surface area contributed by atoms with Crippen LogP contribution >= 0.6 is 23.6 Å². The maximum Gasteiger partial charge on any atom is 0.340 e.